The number of amides is 1. The van der Waals surface area contributed by atoms with Crippen molar-refractivity contribution in [3.05, 3.63) is 59.2 Å². The number of cyclic esters (lactones) is 1. The Morgan fingerprint density at radius 3 is 2.68 bits per heavy atom. The fourth-order valence-corrected chi connectivity index (χ4v) is 6.93. The number of fused-ring (bicyclic) bond motifs is 1. The lowest BCUT2D eigenvalue weighted by Gasteiger charge is -2.32. The van der Waals surface area contributed by atoms with Crippen molar-refractivity contribution in [1.29, 1.82) is 0 Å². The Morgan fingerprint density at radius 2 is 1.80 bits per heavy atom. The molecule has 2 aliphatic heterocycles. The molecule has 5 rings (SSSR count). The third kappa shape index (κ3) is 9.11. The number of unbranched alkanes of at least 4 members (excludes halogenated alkanes) is 3. The molecule has 0 aromatic heterocycles. The van der Waals surface area contributed by atoms with E-state index in [0.717, 1.165) is 61.0 Å². The molecule has 8 heteroatoms. The van der Waals surface area contributed by atoms with Gasteiger partial charge in [0.2, 0.25) is 5.79 Å². The number of benzene rings is 2. The summed E-state index contributed by atoms with van der Waals surface area (Å²) in [4.78, 5) is 15.6. The van der Waals surface area contributed by atoms with E-state index < -0.39 is 5.79 Å². The third-order valence-corrected chi connectivity index (χ3v) is 9.22. The van der Waals surface area contributed by atoms with Gasteiger partial charge in [-0.25, -0.2) is 4.79 Å². The van der Waals surface area contributed by atoms with Crippen LogP contribution in [0.25, 0.3) is 0 Å². The number of ether oxygens (including phenoxy) is 5. The monoisotopic (exact) mass is 583 g/mol. The van der Waals surface area contributed by atoms with E-state index in [0.29, 0.717) is 33.0 Å². The van der Waals surface area contributed by atoms with Gasteiger partial charge in [0, 0.05) is 42.7 Å². The van der Waals surface area contributed by atoms with E-state index in [4.69, 9.17) is 23.7 Å². The second kappa shape index (κ2) is 14.8. The molecule has 0 spiro atoms. The predicted molar refractivity (Wildman–Crippen MR) is 160 cm³/mol. The Morgan fingerprint density at radius 1 is 0.976 bits per heavy atom. The van der Waals surface area contributed by atoms with E-state index in [1.165, 1.54) is 36.1 Å². The van der Waals surface area contributed by atoms with E-state index in [-0.39, 0.29) is 12.2 Å². The van der Waals surface area contributed by atoms with Gasteiger partial charge in [0.25, 0.3) is 0 Å². The Labute approximate surface area is 249 Å². The topological polar surface area (TPSA) is 66.5 Å². The Bertz CT molecular complexity index is 1130. The van der Waals surface area contributed by atoms with Gasteiger partial charge in [0.05, 0.1) is 33.0 Å². The van der Waals surface area contributed by atoms with Crippen LogP contribution in [0.1, 0.15) is 88.0 Å². The quantitative estimate of drug-likeness (QED) is 0.200. The lowest BCUT2D eigenvalue weighted by molar-refractivity contribution is -0.180. The van der Waals surface area contributed by atoms with Gasteiger partial charge in [0.15, 0.2) is 0 Å². The number of thioether (sulfide) groups is 1. The second-order valence-corrected chi connectivity index (χ2v) is 13.1. The molecule has 2 aromatic carbocycles. The van der Waals surface area contributed by atoms with Gasteiger partial charge >= 0.3 is 6.09 Å². The first-order valence-corrected chi connectivity index (χ1v) is 16.2. The summed E-state index contributed by atoms with van der Waals surface area (Å²) in [6.45, 7) is 8.21. The molecule has 1 saturated carbocycles. The smallest absolute Gasteiger partial charge is 0.410 e. The Balaban J connectivity index is 0.888. The second-order valence-electron chi connectivity index (χ2n) is 11.7. The SMILES string of the molecule is CC1(C)OCc2cc([C@@H]3CN(CCCCCCOCCOCc4cccc(SC5CCCC5)c4)C(=O)O3)ccc2O1. The molecule has 0 radical (unpaired) electrons. The zero-order valence-electron chi connectivity index (χ0n) is 24.6. The Hall–Kier alpha value is -2.26. The summed E-state index contributed by atoms with van der Waals surface area (Å²) in [6.07, 6.45) is 9.08. The lowest BCUT2D eigenvalue weighted by Crippen LogP contribution is -2.35. The molecule has 2 heterocycles. The first-order chi connectivity index (χ1) is 19.9. The highest BCUT2D eigenvalue weighted by molar-refractivity contribution is 8.00. The summed E-state index contributed by atoms with van der Waals surface area (Å²) in [6, 6.07) is 14.7. The van der Waals surface area contributed by atoms with E-state index in [2.05, 4.69) is 24.3 Å². The number of hydrogen-bond donors (Lipinski definition) is 0. The minimum absolute atomic E-state index is 0.232. The van der Waals surface area contributed by atoms with Crippen LogP contribution in [0.4, 0.5) is 4.79 Å². The van der Waals surface area contributed by atoms with E-state index in [1.807, 2.05) is 48.7 Å². The van der Waals surface area contributed by atoms with E-state index >= 15 is 0 Å². The number of hydrogen-bond acceptors (Lipinski definition) is 7. The maximum Gasteiger partial charge on any atom is 0.410 e. The molecule has 2 fully saturated rings. The van der Waals surface area contributed by atoms with E-state index in [9.17, 15) is 4.79 Å². The highest BCUT2D eigenvalue weighted by Gasteiger charge is 2.33. The lowest BCUT2D eigenvalue weighted by atomic mass is 10.0. The van der Waals surface area contributed by atoms with Crippen LogP contribution in [-0.4, -0.2) is 54.9 Å². The van der Waals surface area contributed by atoms with Crippen molar-refractivity contribution < 1.29 is 28.5 Å². The zero-order chi connectivity index (χ0) is 28.5. The average molecular weight is 584 g/mol. The minimum Gasteiger partial charge on any atom is -0.463 e. The van der Waals surface area contributed by atoms with Crippen LogP contribution >= 0.6 is 11.8 Å². The van der Waals surface area contributed by atoms with E-state index in [1.54, 1.807) is 0 Å². The van der Waals surface area contributed by atoms with Crippen molar-refractivity contribution in [1.82, 2.24) is 4.90 Å². The summed E-state index contributed by atoms with van der Waals surface area (Å²) < 4.78 is 28.9. The van der Waals surface area contributed by atoms with Gasteiger partial charge in [-0.15, -0.1) is 11.8 Å². The predicted octanol–water partition coefficient (Wildman–Crippen LogP) is 7.65. The van der Waals surface area contributed by atoms with Crippen molar-refractivity contribution in [3.8, 4) is 5.75 Å². The van der Waals surface area contributed by atoms with Gasteiger partial charge < -0.3 is 28.6 Å². The van der Waals surface area contributed by atoms with Crippen molar-refractivity contribution in [2.45, 2.75) is 100 Å². The van der Waals surface area contributed by atoms with Crippen LogP contribution in [0.5, 0.6) is 5.75 Å². The molecular weight excluding hydrogens is 538 g/mol. The summed E-state index contributed by atoms with van der Waals surface area (Å²) in [5, 5.41) is 0.786. The van der Waals surface area contributed by atoms with Gasteiger partial charge in [-0.2, -0.15) is 0 Å². The van der Waals surface area contributed by atoms with Crippen molar-refractivity contribution >= 4 is 17.9 Å². The van der Waals surface area contributed by atoms with Crippen LogP contribution in [-0.2, 0) is 32.2 Å². The molecule has 41 heavy (non-hydrogen) atoms. The first-order valence-electron chi connectivity index (χ1n) is 15.3. The average Bonchev–Trinajstić information content (AvgIpc) is 3.60. The summed E-state index contributed by atoms with van der Waals surface area (Å²) >= 11 is 2.02. The molecule has 1 atom stereocenters. The molecule has 1 aliphatic carbocycles. The van der Waals surface area contributed by atoms with Crippen molar-refractivity contribution in [2.75, 3.05) is 32.9 Å². The Kier molecular flexibility index (Phi) is 10.9. The summed E-state index contributed by atoms with van der Waals surface area (Å²) in [5.41, 5.74) is 3.21. The highest BCUT2D eigenvalue weighted by Crippen LogP contribution is 2.36. The van der Waals surface area contributed by atoms with Crippen molar-refractivity contribution in [3.63, 3.8) is 0 Å². The van der Waals surface area contributed by atoms with Gasteiger partial charge in [-0.1, -0.05) is 43.9 Å². The number of rotatable bonds is 15. The molecule has 0 N–H and O–H groups in total. The molecule has 7 nitrogen and oxygen atoms in total. The van der Waals surface area contributed by atoms with Crippen LogP contribution in [0, 0.1) is 0 Å². The van der Waals surface area contributed by atoms with Gasteiger partial charge in [-0.3, -0.25) is 0 Å². The summed E-state index contributed by atoms with van der Waals surface area (Å²) in [7, 11) is 0. The van der Waals surface area contributed by atoms with Gasteiger partial charge in [-0.05, 0) is 61.1 Å². The third-order valence-electron chi connectivity index (χ3n) is 7.89. The molecule has 0 unspecified atom stereocenters. The van der Waals surface area contributed by atoms with Crippen LogP contribution in [0.2, 0.25) is 0 Å². The van der Waals surface area contributed by atoms with Crippen LogP contribution < -0.4 is 4.74 Å². The normalized spacial score (nSPS) is 20.2. The molecule has 1 amide bonds. The highest BCUT2D eigenvalue weighted by atomic mass is 32.2. The number of carbonyl (C=O) groups excluding carboxylic acids is 1. The van der Waals surface area contributed by atoms with Gasteiger partial charge in [0.1, 0.15) is 11.9 Å². The number of carbonyl (C=O) groups is 1. The fraction of sp³-hybridized carbons (Fsp3) is 0.606. The van der Waals surface area contributed by atoms with Crippen LogP contribution in [0.3, 0.4) is 0 Å². The molecule has 2 aromatic rings. The maximum atomic E-state index is 12.4. The largest absolute Gasteiger partial charge is 0.463 e. The van der Waals surface area contributed by atoms with Crippen molar-refractivity contribution in [2.24, 2.45) is 0 Å². The fourth-order valence-electron chi connectivity index (χ4n) is 5.60. The molecule has 3 aliphatic rings. The maximum absolute atomic E-state index is 12.4. The molecular formula is C33H45NO6S. The minimum atomic E-state index is -0.619. The molecule has 0 bridgehead atoms. The standard InChI is InChI=1S/C33H45NO6S/c1-33(2)38-24-27-21-26(14-15-30(27)40-33)31-22-34(32(35)39-31)16-7-3-4-8-17-36-18-19-37-23-25-10-9-13-29(20-25)41-28-11-5-6-12-28/h9-10,13-15,20-21,28,31H,3-8,11-12,16-19,22-24H2,1-2H3/t31-/m0/s1. The summed E-state index contributed by atoms with van der Waals surface area (Å²) in [5.74, 6) is 0.212. The first kappa shape index (κ1) is 30.2. The molecule has 1 saturated heterocycles. The zero-order valence-corrected chi connectivity index (χ0v) is 25.4. The number of nitrogens with zero attached hydrogens (tertiary/aromatic N) is 1. The van der Waals surface area contributed by atoms with Crippen LogP contribution in [0.15, 0.2) is 47.4 Å². The molecule has 224 valence electrons.